The molecule has 0 saturated heterocycles. The van der Waals surface area contributed by atoms with Gasteiger partial charge in [0.05, 0.1) is 0 Å². The van der Waals surface area contributed by atoms with Gasteiger partial charge in [0, 0.05) is 18.1 Å². The molecule has 0 aliphatic heterocycles. The van der Waals surface area contributed by atoms with E-state index < -0.39 is 0 Å². The van der Waals surface area contributed by atoms with Gasteiger partial charge in [-0.05, 0) is 24.5 Å². The van der Waals surface area contributed by atoms with E-state index in [2.05, 4.69) is 29.4 Å². The van der Waals surface area contributed by atoms with Gasteiger partial charge >= 0.3 is 0 Å². The molecule has 2 aromatic rings. The SMILES string of the molecule is CC.CC(C)Cc1cnc2ccccn12. The van der Waals surface area contributed by atoms with Crippen molar-refractivity contribution in [3.8, 4) is 0 Å². The van der Waals surface area contributed by atoms with Crippen molar-refractivity contribution in [2.75, 3.05) is 0 Å². The maximum absolute atomic E-state index is 4.33. The molecule has 0 aliphatic rings. The van der Waals surface area contributed by atoms with Gasteiger partial charge in [0.25, 0.3) is 0 Å². The Kier molecular flexibility index (Phi) is 4.35. The number of hydrogen-bond donors (Lipinski definition) is 0. The molecule has 0 atom stereocenters. The van der Waals surface area contributed by atoms with Crippen LogP contribution in [0.3, 0.4) is 0 Å². The predicted molar refractivity (Wildman–Crippen MR) is 65.1 cm³/mol. The highest BCUT2D eigenvalue weighted by Gasteiger charge is 2.03. The third-order valence-electron chi connectivity index (χ3n) is 2.11. The minimum atomic E-state index is 0.681. The monoisotopic (exact) mass is 204 g/mol. The van der Waals surface area contributed by atoms with Crippen LogP contribution in [0.15, 0.2) is 30.6 Å². The summed E-state index contributed by atoms with van der Waals surface area (Å²) in [6.07, 6.45) is 5.13. The Morgan fingerprint density at radius 1 is 1.27 bits per heavy atom. The third-order valence-corrected chi connectivity index (χ3v) is 2.11. The van der Waals surface area contributed by atoms with Gasteiger partial charge in [-0.3, -0.25) is 0 Å². The summed E-state index contributed by atoms with van der Waals surface area (Å²) in [5.74, 6) is 0.681. The van der Waals surface area contributed by atoms with Gasteiger partial charge in [-0.15, -0.1) is 0 Å². The highest BCUT2D eigenvalue weighted by Crippen LogP contribution is 2.10. The van der Waals surface area contributed by atoms with E-state index in [1.165, 1.54) is 5.69 Å². The highest BCUT2D eigenvalue weighted by atomic mass is 15.0. The minimum Gasteiger partial charge on any atom is -0.304 e. The van der Waals surface area contributed by atoms with E-state index in [1.807, 2.05) is 38.2 Å². The minimum absolute atomic E-state index is 0.681. The van der Waals surface area contributed by atoms with Gasteiger partial charge in [-0.25, -0.2) is 4.98 Å². The van der Waals surface area contributed by atoms with Crippen LogP contribution in [0.2, 0.25) is 0 Å². The molecular weight excluding hydrogens is 184 g/mol. The van der Waals surface area contributed by atoms with Crippen LogP contribution in [0, 0.1) is 5.92 Å². The molecule has 0 saturated carbocycles. The first-order chi connectivity index (χ1) is 7.27. The summed E-state index contributed by atoms with van der Waals surface area (Å²) < 4.78 is 2.15. The zero-order valence-corrected chi connectivity index (χ0v) is 10.1. The fourth-order valence-electron chi connectivity index (χ4n) is 1.55. The number of hydrogen-bond acceptors (Lipinski definition) is 1. The van der Waals surface area contributed by atoms with E-state index in [0.29, 0.717) is 5.92 Å². The van der Waals surface area contributed by atoms with Crippen LogP contribution >= 0.6 is 0 Å². The lowest BCUT2D eigenvalue weighted by Crippen LogP contribution is -1.97. The second kappa shape index (κ2) is 5.54. The lowest BCUT2D eigenvalue weighted by Gasteiger charge is -2.03. The Balaban J connectivity index is 0.000000531. The van der Waals surface area contributed by atoms with Gasteiger partial charge < -0.3 is 4.40 Å². The summed E-state index contributed by atoms with van der Waals surface area (Å²) in [4.78, 5) is 4.33. The molecule has 0 amide bonds. The van der Waals surface area contributed by atoms with Crippen molar-refractivity contribution in [2.24, 2.45) is 5.92 Å². The molecule has 0 radical (unpaired) electrons. The maximum atomic E-state index is 4.33. The number of aromatic nitrogens is 2. The van der Waals surface area contributed by atoms with Gasteiger partial charge in [0.2, 0.25) is 0 Å². The zero-order chi connectivity index (χ0) is 11.3. The molecule has 15 heavy (non-hydrogen) atoms. The Bertz CT molecular complexity index is 402. The fraction of sp³-hybridized carbons (Fsp3) is 0.462. The van der Waals surface area contributed by atoms with E-state index in [9.17, 15) is 0 Å². The summed E-state index contributed by atoms with van der Waals surface area (Å²) in [5, 5.41) is 0. The number of fused-ring (bicyclic) bond motifs is 1. The van der Waals surface area contributed by atoms with Gasteiger partial charge in [-0.2, -0.15) is 0 Å². The quantitative estimate of drug-likeness (QED) is 0.731. The average molecular weight is 204 g/mol. The van der Waals surface area contributed by atoms with Crippen molar-refractivity contribution >= 4 is 5.65 Å². The van der Waals surface area contributed by atoms with Crippen molar-refractivity contribution in [1.29, 1.82) is 0 Å². The van der Waals surface area contributed by atoms with Gasteiger partial charge in [0.1, 0.15) is 5.65 Å². The number of rotatable bonds is 2. The van der Waals surface area contributed by atoms with Crippen LogP contribution in [0.1, 0.15) is 33.4 Å². The average Bonchev–Trinajstić information content (AvgIpc) is 2.64. The standard InChI is InChI=1S/C11H14N2.C2H6/c1-9(2)7-10-8-12-11-5-3-4-6-13(10)11;1-2/h3-6,8-9H,7H2,1-2H3;1-2H3. The van der Waals surface area contributed by atoms with Crippen LogP contribution in [0.25, 0.3) is 5.65 Å². The summed E-state index contributed by atoms with van der Waals surface area (Å²) in [5.41, 5.74) is 2.34. The molecule has 2 aromatic heterocycles. The van der Waals surface area contributed by atoms with Crippen molar-refractivity contribution in [3.05, 3.63) is 36.3 Å². The van der Waals surface area contributed by atoms with E-state index in [-0.39, 0.29) is 0 Å². The van der Waals surface area contributed by atoms with Crippen LogP contribution in [0.4, 0.5) is 0 Å². The van der Waals surface area contributed by atoms with Crippen LogP contribution in [-0.4, -0.2) is 9.38 Å². The second-order valence-corrected chi connectivity index (χ2v) is 3.78. The number of nitrogens with zero attached hydrogens (tertiary/aromatic N) is 2. The molecule has 2 heterocycles. The van der Waals surface area contributed by atoms with E-state index in [0.717, 1.165) is 12.1 Å². The largest absolute Gasteiger partial charge is 0.304 e. The Hall–Kier alpha value is -1.31. The van der Waals surface area contributed by atoms with E-state index in [1.54, 1.807) is 0 Å². The molecule has 0 fully saturated rings. The molecule has 2 heteroatoms. The first-order valence-corrected chi connectivity index (χ1v) is 5.68. The molecule has 2 nitrogen and oxygen atoms in total. The molecule has 0 N–H and O–H groups in total. The Morgan fingerprint density at radius 2 is 2.00 bits per heavy atom. The van der Waals surface area contributed by atoms with Crippen molar-refractivity contribution in [1.82, 2.24) is 9.38 Å². The van der Waals surface area contributed by atoms with Crippen molar-refractivity contribution in [2.45, 2.75) is 34.1 Å². The molecule has 2 rings (SSSR count). The number of pyridine rings is 1. The summed E-state index contributed by atoms with van der Waals surface area (Å²) in [6.45, 7) is 8.45. The fourth-order valence-corrected chi connectivity index (χ4v) is 1.55. The molecule has 0 aliphatic carbocycles. The topological polar surface area (TPSA) is 17.3 Å². The molecule has 0 unspecified atom stereocenters. The highest BCUT2D eigenvalue weighted by molar-refractivity contribution is 5.39. The summed E-state index contributed by atoms with van der Waals surface area (Å²) in [6, 6.07) is 6.09. The Labute approximate surface area is 92.0 Å². The zero-order valence-electron chi connectivity index (χ0n) is 10.1. The third kappa shape index (κ3) is 2.82. The summed E-state index contributed by atoms with van der Waals surface area (Å²) in [7, 11) is 0. The van der Waals surface area contributed by atoms with Crippen LogP contribution in [0.5, 0.6) is 0 Å². The molecule has 82 valence electrons. The van der Waals surface area contributed by atoms with Crippen LogP contribution in [-0.2, 0) is 6.42 Å². The first kappa shape index (κ1) is 11.8. The smallest absolute Gasteiger partial charge is 0.136 e. The maximum Gasteiger partial charge on any atom is 0.136 e. The normalized spacial score (nSPS) is 10.2. The lowest BCUT2D eigenvalue weighted by atomic mass is 10.1. The van der Waals surface area contributed by atoms with E-state index in [4.69, 9.17) is 0 Å². The van der Waals surface area contributed by atoms with Crippen molar-refractivity contribution in [3.63, 3.8) is 0 Å². The molecule has 0 bridgehead atoms. The second-order valence-electron chi connectivity index (χ2n) is 3.78. The number of imidazole rings is 1. The lowest BCUT2D eigenvalue weighted by molar-refractivity contribution is 0.632. The summed E-state index contributed by atoms with van der Waals surface area (Å²) >= 11 is 0. The molecule has 0 aromatic carbocycles. The van der Waals surface area contributed by atoms with E-state index >= 15 is 0 Å². The van der Waals surface area contributed by atoms with Gasteiger partial charge in [0.15, 0.2) is 0 Å². The van der Waals surface area contributed by atoms with Crippen LogP contribution < -0.4 is 0 Å². The predicted octanol–water partition coefficient (Wildman–Crippen LogP) is 3.56. The van der Waals surface area contributed by atoms with Gasteiger partial charge in [-0.1, -0.05) is 33.8 Å². The molecule has 0 spiro atoms. The Morgan fingerprint density at radius 3 is 2.67 bits per heavy atom. The molecular formula is C13H20N2. The first-order valence-electron chi connectivity index (χ1n) is 5.68. The van der Waals surface area contributed by atoms with Crippen molar-refractivity contribution < 1.29 is 0 Å².